The largest absolute Gasteiger partial charge is 0.493 e. The minimum Gasteiger partial charge on any atom is -0.493 e. The molecule has 0 fully saturated rings. The fourth-order valence-corrected chi connectivity index (χ4v) is 5.13. The maximum absolute atomic E-state index is 13.2. The van der Waals surface area contributed by atoms with Gasteiger partial charge >= 0.3 is 5.97 Å². The van der Waals surface area contributed by atoms with E-state index in [1.165, 1.54) is 6.08 Å². The summed E-state index contributed by atoms with van der Waals surface area (Å²) in [4.78, 5) is 17.9. The predicted molar refractivity (Wildman–Crippen MR) is 150 cm³/mol. The number of benzene rings is 2. The molecule has 4 rings (SSSR count). The number of thioether (sulfide) groups is 1. The van der Waals surface area contributed by atoms with Gasteiger partial charge in [-0.3, -0.25) is 0 Å². The van der Waals surface area contributed by atoms with Crippen molar-refractivity contribution in [2.24, 2.45) is 0 Å². The third-order valence-electron chi connectivity index (χ3n) is 5.96. The number of allylic oxidation sites excluding steroid dienone is 1. The number of unbranched alkanes of at least 4 members (excludes halogenated alkanes) is 1. The molecule has 3 aromatic rings. The Morgan fingerprint density at radius 2 is 2.08 bits per heavy atom. The van der Waals surface area contributed by atoms with Crippen molar-refractivity contribution in [3.8, 4) is 11.5 Å². The molecule has 8 nitrogen and oxygen atoms in total. The normalized spacial score (nSPS) is 14.5. The van der Waals surface area contributed by atoms with Gasteiger partial charge in [0.15, 0.2) is 11.5 Å². The van der Waals surface area contributed by atoms with Gasteiger partial charge in [0.2, 0.25) is 11.1 Å². The number of ether oxygens (including phenoxy) is 3. The van der Waals surface area contributed by atoms with Crippen molar-refractivity contribution in [2.45, 2.75) is 44.5 Å². The van der Waals surface area contributed by atoms with Gasteiger partial charge in [-0.1, -0.05) is 73.6 Å². The first kappa shape index (κ1) is 27.6. The predicted octanol–water partition coefficient (Wildman–Crippen LogP) is 6.43. The summed E-state index contributed by atoms with van der Waals surface area (Å²) in [7, 11) is 1.58. The number of carbonyl (C=O) groups is 1. The van der Waals surface area contributed by atoms with Gasteiger partial charge in [-0.25, -0.2) is 9.48 Å². The number of carbonyl (C=O) groups excluding carboxylic acids is 1. The number of rotatable bonds is 12. The summed E-state index contributed by atoms with van der Waals surface area (Å²) in [5.41, 5.74) is 2.72. The number of fused-ring (bicyclic) bond motifs is 1. The molecule has 200 valence electrons. The van der Waals surface area contributed by atoms with E-state index in [-0.39, 0.29) is 13.2 Å². The van der Waals surface area contributed by atoms with Crippen molar-refractivity contribution >= 4 is 35.3 Å². The maximum atomic E-state index is 13.2. The molecule has 2 aromatic carbocycles. The van der Waals surface area contributed by atoms with Crippen LogP contribution in [0.25, 0.3) is 0 Å². The molecule has 2 heterocycles. The van der Waals surface area contributed by atoms with E-state index < -0.39 is 12.0 Å². The van der Waals surface area contributed by atoms with Gasteiger partial charge in [-0.2, -0.15) is 4.98 Å². The second-order valence-electron chi connectivity index (χ2n) is 8.61. The van der Waals surface area contributed by atoms with E-state index in [0.717, 1.165) is 29.7 Å². The van der Waals surface area contributed by atoms with Crippen LogP contribution >= 0.6 is 23.4 Å². The summed E-state index contributed by atoms with van der Waals surface area (Å²) in [6, 6.07) is 12.5. The number of aromatic nitrogens is 3. The molecule has 0 saturated heterocycles. The molecular weight excluding hydrogens is 524 g/mol. The zero-order valence-electron chi connectivity index (χ0n) is 21.7. The highest BCUT2D eigenvalue weighted by Gasteiger charge is 2.35. The summed E-state index contributed by atoms with van der Waals surface area (Å²) in [5, 5.41) is 9.25. The van der Waals surface area contributed by atoms with Crippen LogP contribution in [0, 0.1) is 0 Å². The number of nitrogens with zero attached hydrogens (tertiary/aromatic N) is 3. The van der Waals surface area contributed by atoms with Crippen LogP contribution in [-0.2, 0) is 16.1 Å². The molecule has 1 aliphatic rings. The van der Waals surface area contributed by atoms with E-state index in [0.29, 0.717) is 38.9 Å². The molecule has 0 spiro atoms. The topological polar surface area (TPSA) is 87.5 Å². The van der Waals surface area contributed by atoms with Crippen LogP contribution in [0.2, 0.25) is 5.02 Å². The first-order chi connectivity index (χ1) is 18.5. The van der Waals surface area contributed by atoms with Crippen LogP contribution in [0.4, 0.5) is 5.95 Å². The number of anilines is 1. The van der Waals surface area contributed by atoms with Gasteiger partial charge in [0.1, 0.15) is 19.3 Å². The molecule has 0 saturated carbocycles. The van der Waals surface area contributed by atoms with Crippen LogP contribution in [-0.4, -0.2) is 40.2 Å². The van der Waals surface area contributed by atoms with Crippen LogP contribution in [0.1, 0.15) is 43.9 Å². The Kier molecular flexibility index (Phi) is 9.36. The Hall–Kier alpha value is -3.43. The third-order valence-corrected chi connectivity index (χ3v) is 7.25. The molecule has 1 unspecified atom stereocenters. The smallest absolute Gasteiger partial charge is 0.338 e. The molecule has 1 aromatic heterocycles. The average molecular weight is 555 g/mol. The van der Waals surface area contributed by atoms with Crippen molar-refractivity contribution < 1.29 is 19.0 Å². The van der Waals surface area contributed by atoms with Crippen LogP contribution in [0.5, 0.6) is 11.5 Å². The van der Waals surface area contributed by atoms with E-state index in [1.54, 1.807) is 23.6 Å². The molecule has 1 atom stereocenters. The van der Waals surface area contributed by atoms with E-state index in [1.807, 2.05) is 49.4 Å². The molecule has 0 radical (unpaired) electrons. The standard InChI is InChI=1S/C28H31ClN4O4S/c1-5-7-15-38-28-31-27-30-18(3)24(26(34)36-14-6-2)25(33(27)32-28)19-12-13-22(23(16-19)35-4)37-17-20-10-8-9-11-21(20)29/h6,8-13,16,25H,2,5,7,14-15,17H2,1,3-4H3,(H,30,31,32). The van der Waals surface area contributed by atoms with E-state index >= 15 is 0 Å². The van der Waals surface area contributed by atoms with Crippen molar-refractivity contribution in [2.75, 3.05) is 24.8 Å². The Bertz CT molecular complexity index is 1340. The molecule has 38 heavy (non-hydrogen) atoms. The average Bonchev–Trinajstić information content (AvgIpc) is 3.32. The van der Waals surface area contributed by atoms with Gasteiger partial charge in [0.25, 0.3) is 0 Å². The van der Waals surface area contributed by atoms with Gasteiger partial charge in [-0.05, 0) is 37.1 Å². The number of nitrogens with one attached hydrogen (secondary N) is 1. The molecule has 0 amide bonds. The van der Waals surface area contributed by atoms with Crippen molar-refractivity contribution in [1.29, 1.82) is 0 Å². The highest BCUT2D eigenvalue weighted by molar-refractivity contribution is 7.99. The Balaban J connectivity index is 1.70. The fraction of sp³-hybridized carbons (Fsp3) is 0.321. The molecule has 0 bridgehead atoms. The zero-order valence-corrected chi connectivity index (χ0v) is 23.3. The van der Waals surface area contributed by atoms with Crippen molar-refractivity contribution in [3.63, 3.8) is 0 Å². The minimum absolute atomic E-state index is 0.100. The van der Waals surface area contributed by atoms with E-state index in [4.69, 9.17) is 30.9 Å². The molecular formula is C28H31ClN4O4S. The second-order valence-corrected chi connectivity index (χ2v) is 10.1. The number of hydrogen-bond donors (Lipinski definition) is 1. The van der Waals surface area contributed by atoms with Crippen molar-refractivity contribution in [1.82, 2.24) is 14.8 Å². The van der Waals surface area contributed by atoms with Crippen molar-refractivity contribution in [3.05, 3.63) is 82.5 Å². The quantitative estimate of drug-likeness (QED) is 0.119. The number of methoxy groups -OCH3 is 1. The van der Waals surface area contributed by atoms with Crippen LogP contribution in [0.3, 0.4) is 0 Å². The summed E-state index contributed by atoms with van der Waals surface area (Å²) < 4.78 is 18.9. The molecule has 10 heteroatoms. The van der Waals surface area contributed by atoms with Gasteiger partial charge in [-0.15, -0.1) is 5.10 Å². The number of hydrogen-bond acceptors (Lipinski definition) is 8. The zero-order chi connectivity index (χ0) is 27.1. The minimum atomic E-state index is -0.580. The van der Waals surface area contributed by atoms with Crippen LogP contribution < -0.4 is 14.8 Å². The Labute approximate surface area is 232 Å². The van der Waals surface area contributed by atoms with Crippen LogP contribution in [0.15, 0.2) is 71.5 Å². The summed E-state index contributed by atoms with van der Waals surface area (Å²) >= 11 is 7.88. The lowest BCUT2D eigenvalue weighted by Crippen LogP contribution is -2.29. The maximum Gasteiger partial charge on any atom is 0.338 e. The van der Waals surface area contributed by atoms with Gasteiger partial charge in [0, 0.05) is 22.0 Å². The molecule has 1 N–H and O–H groups in total. The van der Waals surface area contributed by atoms with E-state index in [2.05, 4.69) is 23.8 Å². The molecule has 1 aliphatic heterocycles. The SMILES string of the molecule is C=CCOC(=O)C1=C(C)Nc2nc(SCCCC)nn2C1c1ccc(OCc2ccccc2Cl)c(OC)c1. The molecule has 0 aliphatic carbocycles. The van der Waals surface area contributed by atoms with Gasteiger partial charge < -0.3 is 19.5 Å². The number of esters is 1. The lowest BCUT2D eigenvalue weighted by Gasteiger charge is -2.28. The lowest BCUT2D eigenvalue weighted by atomic mass is 9.95. The lowest BCUT2D eigenvalue weighted by molar-refractivity contribution is -0.138. The summed E-state index contributed by atoms with van der Waals surface area (Å²) in [5.74, 6) is 2.08. The van der Waals surface area contributed by atoms with Gasteiger partial charge in [0.05, 0.1) is 12.7 Å². The Morgan fingerprint density at radius 1 is 1.26 bits per heavy atom. The first-order valence-electron chi connectivity index (χ1n) is 12.4. The monoisotopic (exact) mass is 554 g/mol. The second kappa shape index (κ2) is 12.9. The third kappa shape index (κ3) is 6.16. The Morgan fingerprint density at radius 3 is 2.82 bits per heavy atom. The number of halogens is 1. The fourth-order valence-electron chi connectivity index (χ4n) is 4.03. The highest BCUT2D eigenvalue weighted by Crippen LogP contribution is 2.40. The first-order valence-corrected chi connectivity index (χ1v) is 13.7. The summed E-state index contributed by atoms with van der Waals surface area (Å²) in [6.07, 6.45) is 3.69. The highest BCUT2D eigenvalue weighted by atomic mass is 35.5. The van der Waals surface area contributed by atoms with E-state index in [9.17, 15) is 4.79 Å². The summed E-state index contributed by atoms with van der Waals surface area (Å²) in [6.45, 7) is 8.01.